The molecule has 1 aliphatic rings. The van der Waals surface area contributed by atoms with Gasteiger partial charge in [-0.15, -0.1) is 0 Å². The first-order valence-electron chi connectivity index (χ1n) is 7.37. The number of hydrogen-bond donors (Lipinski definition) is 2. The molecule has 0 aliphatic carbocycles. The van der Waals surface area contributed by atoms with Crippen LogP contribution in [0.4, 0.5) is 5.69 Å². The molecule has 0 saturated carbocycles. The molecule has 0 radical (unpaired) electrons. The lowest BCUT2D eigenvalue weighted by atomic mass is 10.1. The van der Waals surface area contributed by atoms with Gasteiger partial charge in [-0.2, -0.15) is 0 Å². The highest BCUT2D eigenvalue weighted by molar-refractivity contribution is 5.95. The van der Waals surface area contributed by atoms with Crippen molar-refractivity contribution in [1.82, 2.24) is 4.90 Å². The van der Waals surface area contributed by atoms with Crippen molar-refractivity contribution in [3.8, 4) is 0 Å². The summed E-state index contributed by atoms with van der Waals surface area (Å²) in [5, 5.41) is 12.6. The number of carbonyl (C=O) groups is 1. The van der Waals surface area contributed by atoms with Crippen LogP contribution in [0.2, 0.25) is 0 Å². The number of carboxylic acids is 1. The fraction of sp³-hybridized carbons (Fsp3) is 0.562. The molecule has 1 unspecified atom stereocenters. The molecule has 2 N–H and O–H groups in total. The van der Waals surface area contributed by atoms with Gasteiger partial charge in [0.15, 0.2) is 0 Å². The topological polar surface area (TPSA) is 52.6 Å². The van der Waals surface area contributed by atoms with E-state index in [1.807, 2.05) is 13.0 Å². The number of carboxylic acid groups (broad SMARTS) is 1. The van der Waals surface area contributed by atoms with Crippen molar-refractivity contribution in [1.29, 1.82) is 0 Å². The Hall–Kier alpha value is -1.55. The van der Waals surface area contributed by atoms with Crippen LogP contribution in [0.3, 0.4) is 0 Å². The van der Waals surface area contributed by atoms with E-state index >= 15 is 0 Å². The maximum absolute atomic E-state index is 11.2. The predicted octanol–water partition coefficient (Wildman–Crippen LogP) is 2.84. The second kappa shape index (κ2) is 6.75. The van der Waals surface area contributed by atoms with Gasteiger partial charge in [-0.05, 0) is 50.4 Å². The molecule has 4 nitrogen and oxygen atoms in total. The summed E-state index contributed by atoms with van der Waals surface area (Å²) in [7, 11) is 0. The highest BCUT2D eigenvalue weighted by Gasteiger charge is 2.16. The van der Waals surface area contributed by atoms with E-state index < -0.39 is 5.97 Å². The van der Waals surface area contributed by atoms with E-state index in [4.69, 9.17) is 0 Å². The summed E-state index contributed by atoms with van der Waals surface area (Å²) in [6, 6.07) is 5.39. The Morgan fingerprint density at radius 3 is 2.75 bits per heavy atom. The van der Waals surface area contributed by atoms with Crippen LogP contribution in [0, 0.1) is 12.8 Å². The number of nitrogens with one attached hydrogen (secondary N) is 1. The first kappa shape index (κ1) is 14.9. The highest BCUT2D eigenvalue weighted by atomic mass is 16.4. The molecule has 1 aromatic carbocycles. The molecule has 110 valence electrons. The standard InChI is InChI=1S/C16H24N2O2/c1-12(11-18-8-3-4-9-18)10-17-15-13(2)6-5-7-14(15)16(19)20/h5-7,12,17H,3-4,8-11H2,1-2H3,(H,19,20). The molecule has 0 aromatic heterocycles. The molecule has 1 saturated heterocycles. The number of aromatic carboxylic acids is 1. The van der Waals surface area contributed by atoms with Crippen LogP contribution in [0.15, 0.2) is 18.2 Å². The normalized spacial score (nSPS) is 17.1. The summed E-state index contributed by atoms with van der Waals surface area (Å²) in [5.41, 5.74) is 2.10. The molecular formula is C16H24N2O2. The van der Waals surface area contributed by atoms with Crippen LogP contribution in [0.1, 0.15) is 35.7 Å². The summed E-state index contributed by atoms with van der Waals surface area (Å²) >= 11 is 0. The number of benzene rings is 1. The average Bonchev–Trinajstić information content (AvgIpc) is 2.89. The minimum Gasteiger partial charge on any atom is -0.478 e. The Balaban J connectivity index is 1.94. The van der Waals surface area contributed by atoms with Crippen molar-refractivity contribution in [3.05, 3.63) is 29.3 Å². The first-order valence-corrected chi connectivity index (χ1v) is 7.37. The second-order valence-electron chi connectivity index (χ2n) is 5.80. The molecule has 4 heteroatoms. The molecule has 1 aromatic rings. The minimum absolute atomic E-state index is 0.360. The fourth-order valence-corrected chi connectivity index (χ4v) is 2.83. The monoisotopic (exact) mass is 276 g/mol. The number of anilines is 1. The number of rotatable bonds is 6. The van der Waals surface area contributed by atoms with E-state index in [-0.39, 0.29) is 0 Å². The van der Waals surface area contributed by atoms with Gasteiger partial charge in [0.25, 0.3) is 0 Å². The molecule has 1 heterocycles. The number of likely N-dealkylation sites (tertiary alicyclic amines) is 1. The summed E-state index contributed by atoms with van der Waals surface area (Å²) in [6.45, 7) is 8.46. The lowest BCUT2D eigenvalue weighted by molar-refractivity contribution is 0.0698. The van der Waals surface area contributed by atoms with Gasteiger partial charge in [0.05, 0.1) is 11.3 Å². The van der Waals surface area contributed by atoms with E-state index in [0.29, 0.717) is 11.5 Å². The number of hydrogen-bond acceptors (Lipinski definition) is 3. The molecule has 2 rings (SSSR count). The maximum atomic E-state index is 11.2. The van der Waals surface area contributed by atoms with E-state index in [1.54, 1.807) is 12.1 Å². The molecule has 0 spiro atoms. The molecular weight excluding hydrogens is 252 g/mol. The average molecular weight is 276 g/mol. The summed E-state index contributed by atoms with van der Waals surface area (Å²) in [6.07, 6.45) is 2.61. The van der Waals surface area contributed by atoms with Gasteiger partial charge in [-0.1, -0.05) is 19.1 Å². The van der Waals surface area contributed by atoms with Crippen molar-refractivity contribution in [3.63, 3.8) is 0 Å². The lowest BCUT2D eigenvalue weighted by Gasteiger charge is -2.22. The van der Waals surface area contributed by atoms with Gasteiger partial charge in [0, 0.05) is 13.1 Å². The zero-order valence-electron chi connectivity index (χ0n) is 12.4. The summed E-state index contributed by atoms with van der Waals surface area (Å²) in [4.78, 5) is 13.7. The summed E-state index contributed by atoms with van der Waals surface area (Å²) < 4.78 is 0. The molecule has 0 amide bonds. The van der Waals surface area contributed by atoms with Gasteiger partial charge in [-0.3, -0.25) is 0 Å². The third-order valence-electron chi connectivity index (χ3n) is 3.90. The molecule has 0 bridgehead atoms. The van der Waals surface area contributed by atoms with E-state index in [0.717, 1.165) is 24.3 Å². The molecule has 1 aliphatic heterocycles. The number of aryl methyl sites for hydroxylation is 1. The molecule has 20 heavy (non-hydrogen) atoms. The zero-order valence-corrected chi connectivity index (χ0v) is 12.4. The van der Waals surface area contributed by atoms with Crippen LogP contribution in [0.25, 0.3) is 0 Å². The largest absolute Gasteiger partial charge is 0.478 e. The predicted molar refractivity (Wildman–Crippen MR) is 81.5 cm³/mol. The SMILES string of the molecule is Cc1cccc(C(=O)O)c1NCC(C)CN1CCCC1. The Morgan fingerprint density at radius 2 is 2.10 bits per heavy atom. The van der Waals surface area contributed by atoms with Crippen molar-refractivity contribution in [2.45, 2.75) is 26.7 Å². The van der Waals surface area contributed by atoms with E-state index in [1.165, 1.54) is 25.9 Å². The van der Waals surface area contributed by atoms with Crippen LogP contribution in [-0.2, 0) is 0 Å². The lowest BCUT2D eigenvalue weighted by Crippen LogP contribution is -2.29. The van der Waals surface area contributed by atoms with Crippen molar-refractivity contribution < 1.29 is 9.90 Å². The van der Waals surface area contributed by atoms with Gasteiger partial charge >= 0.3 is 5.97 Å². The van der Waals surface area contributed by atoms with Gasteiger partial charge in [0.1, 0.15) is 0 Å². The van der Waals surface area contributed by atoms with Crippen molar-refractivity contribution >= 4 is 11.7 Å². The second-order valence-corrected chi connectivity index (χ2v) is 5.80. The van der Waals surface area contributed by atoms with Crippen LogP contribution in [0.5, 0.6) is 0 Å². The van der Waals surface area contributed by atoms with Crippen LogP contribution < -0.4 is 5.32 Å². The Kier molecular flexibility index (Phi) is 5.01. The highest BCUT2D eigenvalue weighted by Crippen LogP contribution is 2.21. The number of nitrogens with zero attached hydrogens (tertiary/aromatic N) is 1. The van der Waals surface area contributed by atoms with Crippen LogP contribution >= 0.6 is 0 Å². The van der Waals surface area contributed by atoms with E-state index in [2.05, 4.69) is 17.1 Å². The molecule has 1 fully saturated rings. The van der Waals surface area contributed by atoms with Crippen LogP contribution in [-0.4, -0.2) is 42.2 Å². The quantitative estimate of drug-likeness (QED) is 0.839. The first-order chi connectivity index (χ1) is 9.58. The Labute approximate surface area is 120 Å². The third kappa shape index (κ3) is 3.73. The summed E-state index contributed by atoms with van der Waals surface area (Å²) in [5.74, 6) is -0.363. The van der Waals surface area contributed by atoms with Gasteiger partial charge < -0.3 is 15.3 Å². The number of para-hydroxylation sites is 1. The zero-order chi connectivity index (χ0) is 14.5. The minimum atomic E-state index is -0.872. The van der Waals surface area contributed by atoms with Gasteiger partial charge in [0.2, 0.25) is 0 Å². The fourth-order valence-electron chi connectivity index (χ4n) is 2.83. The third-order valence-corrected chi connectivity index (χ3v) is 3.90. The van der Waals surface area contributed by atoms with Gasteiger partial charge in [-0.25, -0.2) is 4.79 Å². The molecule has 1 atom stereocenters. The maximum Gasteiger partial charge on any atom is 0.337 e. The Morgan fingerprint density at radius 1 is 1.40 bits per heavy atom. The Bertz CT molecular complexity index is 468. The van der Waals surface area contributed by atoms with Crippen molar-refractivity contribution in [2.75, 3.05) is 31.5 Å². The van der Waals surface area contributed by atoms with E-state index in [9.17, 15) is 9.90 Å². The smallest absolute Gasteiger partial charge is 0.337 e. The van der Waals surface area contributed by atoms with Crippen molar-refractivity contribution in [2.24, 2.45) is 5.92 Å².